The SMILES string of the molecule is CCN(CCn1cc(N)cn1)c1ccccc1. The van der Waals surface area contributed by atoms with Gasteiger partial charge in [0.1, 0.15) is 0 Å². The van der Waals surface area contributed by atoms with E-state index in [9.17, 15) is 0 Å². The highest BCUT2D eigenvalue weighted by Crippen LogP contribution is 2.12. The molecule has 4 nitrogen and oxygen atoms in total. The van der Waals surface area contributed by atoms with Crippen LogP contribution in [0.25, 0.3) is 0 Å². The van der Waals surface area contributed by atoms with Gasteiger partial charge in [-0.25, -0.2) is 0 Å². The van der Waals surface area contributed by atoms with Gasteiger partial charge in [-0.15, -0.1) is 0 Å². The molecule has 1 aromatic carbocycles. The maximum Gasteiger partial charge on any atom is 0.0719 e. The molecule has 4 heteroatoms. The molecule has 0 spiro atoms. The second-order valence-corrected chi connectivity index (χ2v) is 3.95. The fraction of sp³-hybridized carbons (Fsp3) is 0.308. The number of nitrogens with zero attached hydrogens (tertiary/aromatic N) is 3. The van der Waals surface area contributed by atoms with E-state index in [1.54, 1.807) is 6.20 Å². The van der Waals surface area contributed by atoms with Crippen molar-refractivity contribution in [3.05, 3.63) is 42.7 Å². The molecule has 0 saturated heterocycles. The number of nitrogens with two attached hydrogens (primary N) is 1. The van der Waals surface area contributed by atoms with E-state index in [1.165, 1.54) is 5.69 Å². The van der Waals surface area contributed by atoms with Gasteiger partial charge < -0.3 is 10.6 Å². The van der Waals surface area contributed by atoms with E-state index in [-0.39, 0.29) is 0 Å². The molecule has 0 unspecified atom stereocenters. The molecule has 0 aliphatic carbocycles. The van der Waals surface area contributed by atoms with Crippen LogP contribution in [-0.4, -0.2) is 22.9 Å². The summed E-state index contributed by atoms with van der Waals surface area (Å²) in [5.41, 5.74) is 7.59. The summed E-state index contributed by atoms with van der Waals surface area (Å²) in [7, 11) is 0. The Balaban J connectivity index is 1.97. The van der Waals surface area contributed by atoms with Crippen LogP contribution in [0.3, 0.4) is 0 Å². The van der Waals surface area contributed by atoms with Crippen molar-refractivity contribution in [2.75, 3.05) is 23.7 Å². The van der Waals surface area contributed by atoms with Gasteiger partial charge in [0, 0.05) is 25.0 Å². The number of likely N-dealkylation sites (N-methyl/N-ethyl adjacent to an activating group) is 1. The number of para-hydroxylation sites is 1. The molecule has 2 rings (SSSR count). The third kappa shape index (κ3) is 3.00. The van der Waals surface area contributed by atoms with Gasteiger partial charge in [-0.2, -0.15) is 5.10 Å². The quantitative estimate of drug-likeness (QED) is 0.854. The van der Waals surface area contributed by atoms with Crippen molar-refractivity contribution in [2.45, 2.75) is 13.5 Å². The Labute approximate surface area is 102 Å². The largest absolute Gasteiger partial charge is 0.396 e. The highest BCUT2D eigenvalue weighted by atomic mass is 15.3. The molecule has 0 saturated carbocycles. The van der Waals surface area contributed by atoms with Crippen LogP contribution in [0.4, 0.5) is 11.4 Å². The molecule has 0 radical (unpaired) electrons. The van der Waals surface area contributed by atoms with Crippen molar-refractivity contribution in [2.24, 2.45) is 0 Å². The normalized spacial score (nSPS) is 10.4. The first kappa shape index (κ1) is 11.5. The summed E-state index contributed by atoms with van der Waals surface area (Å²) < 4.78 is 1.88. The summed E-state index contributed by atoms with van der Waals surface area (Å²) in [6.07, 6.45) is 3.54. The minimum absolute atomic E-state index is 0.716. The molecule has 0 bridgehead atoms. The summed E-state index contributed by atoms with van der Waals surface area (Å²) in [6, 6.07) is 10.4. The lowest BCUT2D eigenvalue weighted by molar-refractivity contribution is 0.600. The summed E-state index contributed by atoms with van der Waals surface area (Å²) in [6.45, 7) is 4.92. The Morgan fingerprint density at radius 3 is 2.65 bits per heavy atom. The molecular weight excluding hydrogens is 212 g/mol. The molecule has 90 valence electrons. The zero-order chi connectivity index (χ0) is 12.1. The maximum atomic E-state index is 5.63. The highest BCUT2D eigenvalue weighted by Gasteiger charge is 2.03. The standard InChI is InChI=1S/C13H18N4/c1-2-16(13-6-4-3-5-7-13)8-9-17-11-12(14)10-15-17/h3-7,10-11H,2,8-9,14H2,1H3. The first-order valence-corrected chi connectivity index (χ1v) is 5.87. The molecule has 2 aromatic rings. The first-order valence-electron chi connectivity index (χ1n) is 5.87. The highest BCUT2D eigenvalue weighted by molar-refractivity contribution is 5.45. The molecule has 1 heterocycles. The van der Waals surface area contributed by atoms with Gasteiger partial charge >= 0.3 is 0 Å². The molecule has 0 fully saturated rings. The number of anilines is 2. The van der Waals surface area contributed by atoms with Gasteiger partial charge in [0.05, 0.1) is 18.4 Å². The number of rotatable bonds is 5. The Morgan fingerprint density at radius 1 is 1.29 bits per heavy atom. The lowest BCUT2D eigenvalue weighted by Gasteiger charge is -2.22. The fourth-order valence-corrected chi connectivity index (χ4v) is 1.83. The second kappa shape index (κ2) is 5.39. The van der Waals surface area contributed by atoms with Crippen LogP contribution in [0.2, 0.25) is 0 Å². The summed E-state index contributed by atoms with van der Waals surface area (Å²) in [5.74, 6) is 0. The predicted octanol–water partition coefficient (Wildman–Crippen LogP) is 1.99. The topological polar surface area (TPSA) is 47.1 Å². The van der Waals surface area contributed by atoms with Crippen molar-refractivity contribution in [1.82, 2.24) is 9.78 Å². The third-order valence-corrected chi connectivity index (χ3v) is 2.76. The number of hydrogen-bond acceptors (Lipinski definition) is 3. The molecule has 0 aliphatic heterocycles. The lowest BCUT2D eigenvalue weighted by atomic mass is 10.3. The van der Waals surface area contributed by atoms with E-state index < -0.39 is 0 Å². The van der Waals surface area contributed by atoms with Crippen LogP contribution in [0.15, 0.2) is 42.7 Å². The second-order valence-electron chi connectivity index (χ2n) is 3.95. The molecular formula is C13H18N4. The van der Waals surface area contributed by atoms with Gasteiger partial charge in [-0.05, 0) is 19.1 Å². The monoisotopic (exact) mass is 230 g/mol. The molecule has 0 atom stereocenters. The zero-order valence-electron chi connectivity index (χ0n) is 10.1. The Kier molecular flexibility index (Phi) is 3.65. The average Bonchev–Trinajstić information content (AvgIpc) is 2.77. The van der Waals surface area contributed by atoms with Gasteiger partial charge in [0.25, 0.3) is 0 Å². The summed E-state index contributed by atoms with van der Waals surface area (Å²) >= 11 is 0. The van der Waals surface area contributed by atoms with E-state index in [2.05, 4.69) is 41.2 Å². The van der Waals surface area contributed by atoms with Crippen molar-refractivity contribution in [3.63, 3.8) is 0 Å². The fourth-order valence-electron chi connectivity index (χ4n) is 1.83. The summed E-state index contributed by atoms with van der Waals surface area (Å²) in [5, 5.41) is 4.18. The number of aromatic nitrogens is 2. The number of nitrogen functional groups attached to an aromatic ring is 1. The van der Waals surface area contributed by atoms with Gasteiger partial charge in [-0.1, -0.05) is 18.2 Å². The minimum atomic E-state index is 0.716. The summed E-state index contributed by atoms with van der Waals surface area (Å²) in [4.78, 5) is 2.32. The van der Waals surface area contributed by atoms with Crippen LogP contribution < -0.4 is 10.6 Å². The Bertz CT molecular complexity index is 449. The Morgan fingerprint density at radius 2 is 2.06 bits per heavy atom. The maximum absolute atomic E-state index is 5.63. The molecule has 1 aromatic heterocycles. The minimum Gasteiger partial charge on any atom is -0.396 e. The lowest BCUT2D eigenvalue weighted by Crippen LogP contribution is -2.27. The molecule has 0 amide bonds. The van der Waals surface area contributed by atoms with E-state index in [0.29, 0.717) is 5.69 Å². The predicted molar refractivity (Wildman–Crippen MR) is 71.0 cm³/mol. The smallest absolute Gasteiger partial charge is 0.0719 e. The van der Waals surface area contributed by atoms with Crippen LogP contribution in [0.1, 0.15) is 6.92 Å². The van der Waals surface area contributed by atoms with E-state index >= 15 is 0 Å². The van der Waals surface area contributed by atoms with Crippen LogP contribution >= 0.6 is 0 Å². The molecule has 2 N–H and O–H groups in total. The van der Waals surface area contributed by atoms with Gasteiger partial charge in [-0.3, -0.25) is 4.68 Å². The van der Waals surface area contributed by atoms with Crippen molar-refractivity contribution < 1.29 is 0 Å². The third-order valence-electron chi connectivity index (χ3n) is 2.76. The van der Waals surface area contributed by atoms with E-state index in [4.69, 9.17) is 5.73 Å². The van der Waals surface area contributed by atoms with Crippen molar-refractivity contribution in [3.8, 4) is 0 Å². The van der Waals surface area contributed by atoms with Crippen LogP contribution in [0, 0.1) is 0 Å². The molecule has 0 aliphatic rings. The van der Waals surface area contributed by atoms with Gasteiger partial charge in [0.15, 0.2) is 0 Å². The number of hydrogen-bond donors (Lipinski definition) is 1. The van der Waals surface area contributed by atoms with Crippen LogP contribution in [-0.2, 0) is 6.54 Å². The molecule has 17 heavy (non-hydrogen) atoms. The zero-order valence-corrected chi connectivity index (χ0v) is 10.1. The van der Waals surface area contributed by atoms with Crippen LogP contribution in [0.5, 0.6) is 0 Å². The van der Waals surface area contributed by atoms with Crippen molar-refractivity contribution in [1.29, 1.82) is 0 Å². The average molecular weight is 230 g/mol. The first-order chi connectivity index (χ1) is 8.29. The Hall–Kier alpha value is -1.97. The number of benzene rings is 1. The van der Waals surface area contributed by atoms with E-state index in [1.807, 2.05) is 16.9 Å². The van der Waals surface area contributed by atoms with Gasteiger partial charge in [0.2, 0.25) is 0 Å². The van der Waals surface area contributed by atoms with E-state index in [0.717, 1.165) is 19.6 Å². The van der Waals surface area contributed by atoms with Crippen molar-refractivity contribution >= 4 is 11.4 Å².